The topological polar surface area (TPSA) is 67.2 Å². The van der Waals surface area contributed by atoms with Crippen LogP contribution in [0.5, 0.6) is 0 Å². The van der Waals surface area contributed by atoms with E-state index in [0.717, 1.165) is 53.0 Å². The molecule has 1 aliphatic heterocycles. The molecule has 0 saturated carbocycles. The van der Waals surface area contributed by atoms with E-state index in [9.17, 15) is 9.59 Å². The van der Waals surface area contributed by atoms with Gasteiger partial charge in [-0.2, -0.15) is 5.10 Å². The molecule has 3 heterocycles. The van der Waals surface area contributed by atoms with Crippen molar-refractivity contribution in [2.24, 2.45) is 0 Å². The first-order valence-electron chi connectivity index (χ1n) is 11.5. The normalized spacial score (nSPS) is 16.3. The summed E-state index contributed by atoms with van der Waals surface area (Å²) in [7, 11) is 0. The molecule has 0 aliphatic carbocycles. The largest absolute Gasteiger partial charge is 0.351 e. The number of amides is 1. The molecule has 5 rings (SSSR count). The van der Waals surface area contributed by atoms with E-state index >= 15 is 0 Å². The maximum atomic E-state index is 13.3. The van der Waals surface area contributed by atoms with Gasteiger partial charge in [0.25, 0.3) is 5.56 Å². The lowest BCUT2D eigenvalue weighted by molar-refractivity contribution is -0.125. The number of carbonyl (C=O) groups is 1. The quantitative estimate of drug-likeness (QED) is 0.483. The maximum Gasteiger partial charge on any atom is 0.276 e. The fraction of sp³-hybridized carbons (Fsp3) is 0.346. The summed E-state index contributed by atoms with van der Waals surface area (Å²) < 4.78 is 3.32. The van der Waals surface area contributed by atoms with Gasteiger partial charge in [0.15, 0.2) is 0 Å². The van der Waals surface area contributed by atoms with Crippen molar-refractivity contribution in [2.75, 3.05) is 13.1 Å². The number of thiophene rings is 1. The van der Waals surface area contributed by atoms with Crippen LogP contribution in [0.4, 0.5) is 0 Å². The highest BCUT2D eigenvalue weighted by Gasteiger charge is 2.26. The summed E-state index contributed by atoms with van der Waals surface area (Å²) in [6.45, 7) is 6.48. The summed E-state index contributed by atoms with van der Waals surface area (Å²) in [5.41, 5.74) is 1.89. The number of fused-ring (bicyclic) bond motifs is 3. The number of hydrogen-bond acceptors (Lipinski definition) is 5. The second-order valence-electron chi connectivity index (χ2n) is 8.86. The van der Waals surface area contributed by atoms with Gasteiger partial charge in [0.1, 0.15) is 6.04 Å². The zero-order chi connectivity index (χ0) is 22.9. The van der Waals surface area contributed by atoms with E-state index in [-0.39, 0.29) is 17.5 Å². The Hall–Kier alpha value is -3.03. The molecule has 1 fully saturated rings. The van der Waals surface area contributed by atoms with Crippen LogP contribution < -0.4 is 10.9 Å². The number of aryl methyl sites for hydroxylation is 1. The van der Waals surface area contributed by atoms with Crippen molar-refractivity contribution in [2.45, 2.75) is 45.3 Å². The van der Waals surface area contributed by atoms with Gasteiger partial charge in [0, 0.05) is 35.8 Å². The molecule has 0 spiro atoms. The minimum atomic E-state index is -0.665. The van der Waals surface area contributed by atoms with Crippen molar-refractivity contribution >= 4 is 37.4 Å². The Kier molecular flexibility index (Phi) is 6.00. The highest BCUT2D eigenvalue weighted by atomic mass is 32.1. The number of rotatable bonds is 5. The monoisotopic (exact) mass is 460 g/mol. The number of nitrogens with one attached hydrogen (secondary N) is 1. The molecule has 0 radical (unpaired) electrons. The molecule has 1 unspecified atom stereocenters. The summed E-state index contributed by atoms with van der Waals surface area (Å²) in [5.74, 6) is -0.149. The summed E-state index contributed by atoms with van der Waals surface area (Å²) >= 11 is 1.58. The van der Waals surface area contributed by atoms with Crippen molar-refractivity contribution in [3.63, 3.8) is 0 Å². The number of likely N-dealkylation sites (tertiary alicyclic amines) is 1. The van der Waals surface area contributed by atoms with Gasteiger partial charge < -0.3 is 5.32 Å². The molecule has 33 heavy (non-hydrogen) atoms. The molecule has 170 valence electrons. The van der Waals surface area contributed by atoms with Crippen LogP contribution in [0, 0.1) is 6.92 Å². The minimum absolute atomic E-state index is 0.120. The number of carbonyl (C=O) groups excluding carboxylic acids is 1. The molecule has 7 heteroatoms. The Balaban J connectivity index is 1.29. The maximum absolute atomic E-state index is 13.3. The van der Waals surface area contributed by atoms with Gasteiger partial charge in [-0.05, 0) is 38.3 Å². The Labute approximate surface area is 196 Å². The molecule has 1 N–H and O–H groups in total. The lowest BCUT2D eigenvalue weighted by Gasteiger charge is -2.33. The third kappa shape index (κ3) is 4.30. The third-order valence-electron chi connectivity index (χ3n) is 6.53. The van der Waals surface area contributed by atoms with Crippen molar-refractivity contribution in [3.05, 3.63) is 76.2 Å². The van der Waals surface area contributed by atoms with E-state index in [0.29, 0.717) is 5.39 Å². The number of nitrogens with zero attached hydrogens (tertiary/aromatic N) is 3. The first kappa shape index (κ1) is 21.8. The van der Waals surface area contributed by atoms with Crippen LogP contribution in [0.1, 0.15) is 37.1 Å². The van der Waals surface area contributed by atoms with Crippen LogP contribution in [0.2, 0.25) is 0 Å². The Bertz CT molecular complexity index is 1350. The average molecular weight is 461 g/mol. The Morgan fingerprint density at radius 3 is 2.58 bits per heavy atom. The van der Waals surface area contributed by atoms with E-state index in [4.69, 9.17) is 0 Å². The molecular weight excluding hydrogens is 432 g/mol. The van der Waals surface area contributed by atoms with Crippen molar-refractivity contribution in [3.8, 4) is 0 Å². The van der Waals surface area contributed by atoms with Crippen LogP contribution >= 0.6 is 11.3 Å². The highest BCUT2D eigenvalue weighted by molar-refractivity contribution is 7.26. The van der Waals surface area contributed by atoms with E-state index in [1.807, 2.05) is 37.3 Å². The van der Waals surface area contributed by atoms with Gasteiger partial charge in [-0.1, -0.05) is 48.5 Å². The first-order valence-corrected chi connectivity index (χ1v) is 12.3. The van der Waals surface area contributed by atoms with Crippen LogP contribution in [0.25, 0.3) is 20.2 Å². The average Bonchev–Trinajstić information content (AvgIpc) is 3.23. The summed E-state index contributed by atoms with van der Waals surface area (Å²) in [6.07, 6.45) is 1.81. The van der Waals surface area contributed by atoms with E-state index in [2.05, 4.69) is 39.6 Å². The molecule has 2 aromatic heterocycles. The van der Waals surface area contributed by atoms with Crippen LogP contribution in [0.3, 0.4) is 0 Å². The second kappa shape index (κ2) is 9.08. The van der Waals surface area contributed by atoms with Crippen molar-refractivity contribution in [1.82, 2.24) is 20.0 Å². The minimum Gasteiger partial charge on any atom is -0.351 e. The smallest absolute Gasteiger partial charge is 0.276 e. The number of aromatic nitrogens is 2. The van der Waals surface area contributed by atoms with Crippen LogP contribution in [-0.4, -0.2) is 39.7 Å². The standard InChI is InChI=1S/C26H28N4O2S/c1-17-24-23(21-10-6-7-11-22(21)33-24)26(32)30(28-17)18(2)25(31)27-20-12-14-29(15-13-20)16-19-8-4-3-5-9-19/h3-11,18,20H,12-16H2,1-2H3,(H,27,31). The van der Waals surface area contributed by atoms with E-state index < -0.39 is 6.04 Å². The summed E-state index contributed by atoms with van der Waals surface area (Å²) in [6, 6.07) is 17.8. The van der Waals surface area contributed by atoms with Crippen LogP contribution in [0.15, 0.2) is 59.4 Å². The molecule has 2 aromatic carbocycles. The zero-order valence-electron chi connectivity index (χ0n) is 19.0. The van der Waals surface area contributed by atoms with Gasteiger partial charge in [0.2, 0.25) is 5.91 Å². The fourth-order valence-electron chi connectivity index (χ4n) is 4.65. The number of piperidine rings is 1. The number of benzene rings is 2. The molecule has 1 saturated heterocycles. The molecule has 6 nitrogen and oxygen atoms in total. The lowest BCUT2D eigenvalue weighted by Crippen LogP contribution is -2.47. The lowest BCUT2D eigenvalue weighted by atomic mass is 10.0. The molecule has 1 amide bonds. The number of hydrogen-bond donors (Lipinski definition) is 1. The third-order valence-corrected chi connectivity index (χ3v) is 7.81. The molecular formula is C26H28N4O2S. The predicted molar refractivity (Wildman–Crippen MR) is 134 cm³/mol. The summed E-state index contributed by atoms with van der Waals surface area (Å²) in [4.78, 5) is 28.8. The molecule has 1 aliphatic rings. The molecule has 0 bridgehead atoms. The SMILES string of the molecule is Cc1nn(C(C)C(=O)NC2CCN(Cc3ccccc3)CC2)c(=O)c2c1sc1ccccc12. The van der Waals surface area contributed by atoms with Crippen molar-refractivity contribution in [1.29, 1.82) is 0 Å². The Morgan fingerprint density at radius 2 is 1.82 bits per heavy atom. The van der Waals surface area contributed by atoms with Gasteiger partial charge in [-0.25, -0.2) is 4.68 Å². The highest BCUT2D eigenvalue weighted by Crippen LogP contribution is 2.32. The van der Waals surface area contributed by atoms with Crippen LogP contribution in [-0.2, 0) is 11.3 Å². The van der Waals surface area contributed by atoms with Gasteiger partial charge >= 0.3 is 0 Å². The van der Waals surface area contributed by atoms with Gasteiger partial charge in [-0.15, -0.1) is 11.3 Å². The van der Waals surface area contributed by atoms with E-state index in [1.165, 1.54) is 10.2 Å². The molecule has 1 atom stereocenters. The summed E-state index contributed by atoms with van der Waals surface area (Å²) in [5, 5.41) is 9.27. The first-order chi connectivity index (χ1) is 16.0. The van der Waals surface area contributed by atoms with Gasteiger partial charge in [0.05, 0.1) is 15.8 Å². The zero-order valence-corrected chi connectivity index (χ0v) is 19.8. The fourth-order valence-corrected chi connectivity index (χ4v) is 5.79. The Morgan fingerprint density at radius 1 is 1.12 bits per heavy atom. The second-order valence-corrected chi connectivity index (χ2v) is 9.91. The molecule has 4 aromatic rings. The predicted octanol–water partition coefficient (Wildman–Crippen LogP) is 4.26. The van der Waals surface area contributed by atoms with Crippen molar-refractivity contribution < 1.29 is 4.79 Å². The van der Waals surface area contributed by atoms with E-state index in [1.54, 1.807) is 18.3 Å². The van der Waals surface area contributed by atoms with Gasteiger partial charge in [-0.3, -0.25) is 14.5 Å².